The van der Waals surface area contributed by atoms with Gasteiger partial charge in [0.25, 0.3) is 5.91 Å². The molecule has 5 heteroatoms. The van der Waals surface area contributed by atoms with Gasteiger partial charge < -0.3 is 5.32 Å². The van der Waals surface area contributed by atoms with Crippen molar-refractivity contribution >= 4 is 11.6 Å². The Labute approximate surface area is 123 Å². The van der Waals surface area contributed by atoms with Gasteiger partial charge in [-0.05, 0) is 44.0 Å². The Morgan fingerprint density at radius 2 is 2.05 bits per heavy atom. The lowest BCUT2D eigenvalue weighted by molar-refractivity contribution is 0.102. The summed E-state index contributed by atoms with van der Waals surface area (Å²) < 4.78 is 0. The number of carbonyl (C=O) groups is 1. The first kappa shape index (κ1) is 14.7. The molecule has 106 valence electrons. The summed E-state index contributed by atoms with van der Waals surface area (Å²) in [5.41, 5.74) is 3.92. The third-order valence-corrected chi connectivity index (χ3v) is 3.19. The zero-order valence-electron chi connectivity index (χ0n) is 12.3. The van der Waals surface area contributed by atoms with Crippen molar-refractivity contribution in [3.05, 3.63) is 52.3 Å². The Hall–Kier alpha value is -2.74. The number of aromatic nitrogens is 2. The zero-order chi connectivity index (χ0) is 15.4. The van der Waals surface area contributed by atoms with Crippen molar-refractivity contribution in [3.8, 4) is 6.07 Å². The number of nitrogens with zero attached hydrogens (tertiary/aromatic N) is 3. The normalized spacial score (nSPS) is 10.0. The fraction of sp³-hybridized carbons (Fsp3) is 0.250. The summed E-state index contributed by atoms with van der Waals surface area (Å²) in [5.74, 6) is -0.233. The smallest absolute Gasteiger partial charge is 0.257 e. The van der Waals surface area contributed by atoms with Crippen LogP contribution in [0.2, 0.25) is 0 Å². The minimum absolute atomic E-state index is 0.233. The summed E-state index contributed by atoms with van der Waals surface area (Å²) >= 11 is 0. The SMILES string of the molecule is CCc1nnc(C)cc1C(=O)Nc1cc(C#N)ccc1C. The van der Waals surface area contributed by atoms with E-state index < -0.39 is 0 Å². The molecule has 5 nitrogen and oxygen atoms in total. The molecule has 1 N–H and O–H groups in total. The van der Waals surface area contributed by atoms with Gasteiger partial charge >= 0.3 is 0 Å². The maximum Gasteiger partial charge on any atom is 0.257 e. The van der Waals surface area contributed by atoms with Gasteiger partial charge in [0, 0.05) is 5.69 Å². The van der Waals surface area contributed by atoms with Crippen LogP contribution in [0.3, 0.4) is 0 Å². The van der Waals surface area contributed by atoms with Crippen LogP contribution in [0.15, 0.2) is 24.3 Å². The molecule has 0 aliphatic carbocycles. The largest absolute Gasteiger partial charge is 0.322 e. The third kappa shape index (κ3) is 3.23. The predicted octanol–water partition coefficient (Wildman–Crippen LogP) is 2.78. The highest BCUT2D eigenvalue weighted by Gasteiger charge is 2.14. The van der Waals surface area contributed by atoms with Crippen LogP contribution < -0.4 is 5.32 Å². The number of amides is 1. The van der Waals surface area contributed by atoms with Crippen molar-refractivity contribution in [1.29, 1.82) is 5.26 Å². The molecule has 0 radical (unpaired) electrons. The molecule has 0 fully saturated rings. The van der Waals surface area contributed by atoms with Crippen molar-refractivity contribution in [3.63, 3.8) is 0 Å². The van der Waals surface area contributed by atoms with Crippen molar-refractivity contribution in [2.24, 2.45) is 0 Å². The number of hydrogen-bond acceptors (Lipinski definition) is 4. The van der Waals surface area contributed by atoms with Crippen LogP contribution in [0.1, 0.15) is 39.8 Å². The molecular formula is C16H16N4O. The van der Waals surface area contributed by atoms with Crippen molar-refractivity contribution in [2.45, 2.75) is 27.2 Å². The summed E-state index contributed by atoms with van der Waals surface area (Å²) in [6, 6.07) is 8.99. The van der Waals surface area contributed by atoms with E-state index in [1.807, 2.05) is 19.9 Å². The maximum absolute atomic E-state index is 12.4. The Morgan fingerprint density at radius 3 is 2.71 bits per heavy atom. The second-order valence-electron chi connectivity index (χ2n) is 4.80. The number of aryl methyl sites for hydroxylation is 3. The van der Waals surface area contributed by atoms with E-state index in [2.05, 4.69) is 21.6 Å². The van der Waals surface area contributed by atoms with E-state index in [1.165, 1.54) is 0 Å². The number of rotatable bonds is 3. The van der Waals surface area contributed by atoms with Crippen LogP contribution in [0.5, 0.6) is 0 Å². The van der Waals surface area contributed by atoms with Crippen LogP contribution in [0.4, 0.5) is 5.69 Å². The predicted molar refractivity (Wildman–Crippen MR) is 80.0 cm³/mol. The summed E-state index contributed by atoms with van der Waals surface area (Å²) in [4.78, 5) is 12.4. The van der Waals surface area contributed by atoms with Gasteiger partial charge in [0.05, 0.1) is 28.6 Å². The van der Waals surface area contributed by atoms with Gasteiger partial charge in [-0.1, -0.05) is 13.0 Å². The van der Waals surface area contributed by atoms with E-state index >= 15 is 0 Å². The fourth-order valence-electron chi connectivity index (χ4n) is 1.99. The van der Waals surface area contributed by atoms with E-state index in [9.17, 15) is 4.79 Å². The van der Waals surface area contributed by atoms with E-state index in [0.717, 1.165) is 5.56 Å². The Balaban J connectivity index is 2.35. The standard InChI is InChI=1S/C16H16N4O/c1-4-14-13(7-11(3)19-20-14)16(21)18-15-8-12(9-17)6-5-10(15)2/h5-8H,4H2,1-3H3,(H,18,21). The van der Waals surface area contributed by atoms with Gasteiger partial charge in [-0.15, -0.1) is 0 Å². The molecule has 0 aliphatic heterocycles. The van der Waals surface area contributed by atoms with E-state index in [4.69, 9.17) is 5.26 Å². The second-order valence-corrected chi connectivity index (χ2v) is 4.80. The van der Waals surface area contributed by atoms with Gasteiger partial charge in [0.1, 0.15) is 0 Å². The average molecular weight is 280 g/mol. The maximum atomic E-state index is 12.4. The monoisotopic (exact) mass is 280 g/mol. The lowest BCUT2D eigenvalue weighted by Crippen LogP contribution is -2.17. The summed E-state index contributed by atoms with van der Waals surface area (Å²) in [6.07, 6.45) is 0.632. The van der Waals surface area contributed by atoms with Gasteiger partial charge in [-0.3, -0.25) is 4.79 Å². The molecule has 1 aromatic carbocycles. The molecule has 0 unspecified atom stereocenters. The Kier molecular flexibility index (Phi) is 4.29. The molecule has 0 saturated carbocycles. The molecule has 0 atom stereocenters. The molecule has 0 aliphatic rings. The summed E-state index contributed by atoms with van der Waals surface area (Å²) in [5, 5.41) is 19.8. The molecule has 0 spiro atoms. The molecule has 0 bridgehead atoms. The Bertz CT molecular complexity index is 732. The van der Waals surface area contributed by atoms with E-state index in [-0.39, 0.29) is 5.91 Å². The summed E-state index contributed by atoms with van der Waals surface area (Å²) in [7, 11) is 0. The molecular weight excluding hydrogens is 264 g/mol. The number of hydrogen-bond donors (Lipinski definition) is 1. The number of anilines is 1. The third-order valence-electron chi connectivity index (χ3n) is 3.19. The van der Waals surface area contributed by atoms with Crippen molar-refractivity contribution in [2.75, 3.05) is 5.32 Å². The highest BCUT2D eigenvalue weighted by atomic mass is 16.1. The van der Waals surface area contributed by atoms with Crippen LogP contribution in [-0.4, -0.2) is 16.1 Å². The van der Waals surface area contributed by atoms with Crippen LogP contribution in [-0.2, 0) is 6.42 Å². The molecule has 2 aromatic rings. The van der Waals surface area contributed by atoms with Gasteiger partial charge in [0.15, 0.2) is 0 Å². The molecule has 21 heavy (non-hydrogen) atoms. The van der Waals surface area contributed by atoms with Gasteiger partial charge in [0.2, 0.25) is 0 Å². The quantitative estimate of drug-likeness (QED) is 0.937. The lowest BCUT2D eigenvalue weighted by Gasteiger charge is -2.11. The van der Waals surface area contributed by atoms with Crippen LogP contribution >= 0.6 is 0 Å². The molecule has 1 aromatic heterocycles. The first-order valence-electron chi connectivity index (χ1n) is 6.70. The molecule has 0 saturated heterocycles. The van der Waals surface area contributed by atoms with Crippen LogP contribution in [0, 0.1) is 25.2 Å². The summed E-state index contributed by atoms with van der Waals surface area (Å²) in [6.45, 7) is 5.61. The zero-order valence-corrected chi connectivity index (χ0v) is 12.3. The minimum atomic E-state index is -0.233. The Morgan fingerprint density at radius 1 is 1.29 bits per heavy atom. The number of carbonyl (C=O) groups excluding carboxylic acids is 1. The van der Waals surface area contributed by atoms with E-state index in [0.29, 0.717) is 34.6 Å². The molecule has 1 heterocycles. The first-order chi connectivity index (χ1) is 10.0. The van der Waals surface area contributed by atoms with Gasteiger partial charge in [-0.2, -0.15) is 15.5 Å². The average Bonchev–Trinajstić information content (AvgIpc) is 2.49. The molecule has 2 rings (SSSR count). The lowest BCUT2D eigenvalue weighted by atomic mass is 10.1. The first-order valence-corrected chi connectivity index (χ1v) is 6.70. The van der Waals surface area contributed by atoms with Crippen molar-refractivity contribution < 1.29 is 4.79 Å². The minimum Gasteiger partial charge on any atom is -0.322 e. The van der Waals surface area contributed by atoms with Crippen LogP contribution in [0.25, 0.3) is 0 Å². The highest BCUT2D eigenvalue weighted by Crippen LogP contribution is 2.18. The highest BCUT2D eigenvalue weighted by molar-refractivity contribution is 6.05. The molecule has 1 amide bonds. The topological polar surface area (TPSA) is 78.7 Å². The fourth-order valence-corrected chi connectivity index (χ4v) is 1.99. The number of benzene rings is 1. The van der Waals surface area contributed by atoms with E-state index in [1.54, 1.807) is 25.1 Å². The number of nitrogens with one attached hydrogen (secondary N) is 1. The number of nitriles is 1. The van der Waals surface area contributed by atoms with Gasteiger partial charge in [-0.25, -0.2) is 0 Å². The second kappa shape index (κ2) is 6.14. The van der Waals surface area contributed by atoms with Crippen molar-refractivity contribution in [1.82, 2.24) is 10.2 Å².